The number of nitrogens with zero attached hydrogens (tertiary/aromatic N) is 2. The Bertz CT molecular complexity index is 786. The molecule has 0 bridgehead atoms. The fraction of sp³-hybridized carbons (Fsp3) is 0.444. The van der Waals surface area contributed by atoms with Crippen molar-refractivity contribution in [2.75, 3.05) is 46.0 Å². The topological polar surface area (TPSA) is 79.5 Å². The minimum absolute atomic E-state index is 0.148. The van der Waals surface area contributed by atoms with Crippen LogP contribution in [0.3, 0.4) is 0 Å². The van der Waals surface area contributed by atoms with Crippen molar-refractivity contribution in [3.05, 3.63) is 41.8 Å². The van der Waals surface area contributed by atoms with Crippen molar-refractivity contribution in [3.63, 3.8) is 0 Å². The van der Waals surface area contributed by atoms with Crippen molar-refractivity contribution < 1.29 is 18.7 Å². The lowest BCUT2D eigenvalue weighted by atomic mass is 10.0. The summed E-state index contributed by atoms with van der Waals surface area (Å²) < 4.78 is 25.1. The van der Waals surface area contributed by atoms with Crippen LogP contribution in [0.2, 0.25) is 0 Å². The molecule has 1 aromatic carbocycles. The zero-order valence-corrected chi connectivity index (χ0v) is 14.3. The molecule has 3 heterocycles. The van der Waals surface area contributed by atoms with Crippen molar-refractivity contribution in [1.82, 2.24) is 20.4 Å². The normalized spacial score (nSPS) is 23.8. The highest BCUT2D eigenvalue weighted by Crippen LogP contribution is 2.26. The summed E-state index contributed by atoms with van der Waals surface area (Å²) in [5.74, 6) is -0.507. The molecule has 2 N–H and O–H groups in total. The number of ether oxygens (including phenoxy) is 2. The number of benzene rings is 1. The summed E-state index contributed by atoms with van der Waals surface area (Å²) in [4.78, 5) is 14.9. The van der Waals surface area contributed by atoms with Crippen LogP contribution in [-0.2, 0) is 9.47 Å². The van der Waals surface area contributed by atoms with Gasteiger partial charge in [0, 0.05) is 25.2 Å². The minimum atomic E-state index is -0.535. The van der Waals surface area contributed by atoms with Crippen molar-refractivity contribution in [2.24, 2.45) is 0 Å². The van der Waals surface area contributed by atoms with Gasteiger partial charge in [0.15, 0.2) is 0 Å². The second kappa shape index (κ2) is 7.14. The Labute approximate surface area is 150 Å². The Morgan fingerprint density at radius 2 is 2.27 bits per heavy atom. The van der Waals surface area contributed by atoms with Gasteiger partial charge in [-0.2, -0.15) is 5.10 Å². The van der Waals surface area contributed by atoms with Gasteiger partial charge in [-0.15, -0.1) is 0 Å². The highest BCUT2D eigenvalue weighted by atomic mass is 19.1. The maximum absolute atomic E-state index is 13.6. The number of morpholine rings is 1. The van der Waals surface area contributed by atoms with Crippen LogP contribution in [0.25, 0.3) is 11.3 Å². The fourth-order valence-corrected chi connectivity index (χ4v) is 3.46. The van der Waals surface area contributed by atoms with E-state index in [1.807, 2.05) is 0 Å². The van der Waals surface area contributed by atoms with E-state index in [-0.39, 0.29) is 11.7 Å². The van der Waals surface area contributed by atoms with E-state index in [1.54, 1.807) is 17.0 Å². The third-order valence-corrected chi connectivity index (χ3v) is 4.75. The second-order valence-corrected chi connectivity index (χ2v) is 6.66. The molecule has 8 heteroatoms. The first-order valence-corrected chi connectivity index (χ1v) is 8.68. The molecule has 1 amide bonds. The number of hydrogen-bond donors (Lipinski definition) is 2. The zero-order chi connectivity index (χ0) is 18.0. The quantitative estimate of drug-likeness (QED) is 0.837. The molecule has 1 spiro atoms. The van der Waals surface area contributed by atoms with E-state index in [0.29, 0.717) is 56.3 Å². The van der Waals surface area contributed by atoms with Crippen LogP contribution in [0.4, 0.5) is 4.39 Å². The molecule has 1 aromatic heterocycles. The van der Waals surface area contributed by atoms with E-state index in [9.17, 15) is 9.18 Å². The molecule has 0 saturated carbocycles. The lowest BCUT2D eigenvalue weighted by molar-refractivity contribution is -0.125. The number of H-pyrrole nitrogens is 1. The first-order chi connectivity index (χ1) is 12.7. The molecule has 7 nitrogen and oxygen atoms in total. The van der Waals surface area contributed by atoms with Crippen LogP contribution in [-0.4, -0.2) is 72.6 Å². The van der Waals surface area contributed by atoms with Crippen molar-refractivity contribution >= 4 is 5.91 Å². The molecule has 2 fully saturated rings. The summed E-state index contributed by atoms with van der Waals surface area (Å²) in [5.41, 5.74) is 1.00. The number of amides is 1. The first-order valence-electron chi connectivity index (χ1n) is 8.68. The molecule has 2 saturated heterocycles. The Kier molecular flexibility index (Phi) is 4.71. The van der Waals surface area contributed by atoms with Crippen LogP contribution in [0.1, 0.15) is 10.4 Å². The second-order valence-electron chi connectivity index (χ2n) is 6.66. The minimum Gasteiger partial charge on any atom is -0.377 e. The number of hydrogen-bond acceptors (Lipinski definition) is 5. The van der Waals surface area contributed by atoms with Crippen molar-refractivity contribution in [3.8, 4) is 11.3 Å². The van der Waals surface area contributed by atoms with Gasteiger partial charge < -0.3 is 19.7 Å². The van der Waals surface area contributed by atoms with Gasteiger partial charge in [-0.05, 0) is 12.1 Å². The monoisotopic (exact) mass is 360 g/mol. The van der Waals surface area contributed by atoms with Gasteiger partial charge in [0.25, 0.3) is 5.91 Å². The van der Waals surface area contributed by atoms with Gasteiger partial charge in [0.05, 0.1) is 43.8 Å². The van der Waals surface area contributed by atoms with Gasteiger partial charge in [0.1, 0.15) is 11.4 Å². The molecule has 138 valence electrons. The highest BCUT2D eigenvalue weighted by molar-refractivity contribution is 5.99. The lowest BCUT2D eigenvalue weighted by Gasteiger charge is -2.41. The Morgan fingerprint density at radius 1 is 1.35 bits per heavy atom. The molecule has 2 aliphatic heterocycles. The summed E-state index contributed by atoms with van der Waals surface area (Å²) in [5, 5.41) is 10.1. The number of carbonyl (C=O) groups excluding carboxylic acids is 1. The van der Waals surface area contributed by atoms with E-state index in [0.717, 1.165) is 6.54 Å². The average molecular weight is 360 g/mol. The smallest absolute Gasteiger partial charge is 0.257 e. The third kappa shape index (κ3) is 3.35. The summed E-state index contributed by atoms with van der Waals surface area (Å²) >= 11 is 0. The standard InChI is InChI=1S/C18H21FN4O3/c19-14-3-1-2-13(8-14)16-15(9-21-22-16)17(24)23-5-7-26-18(11-23)10-20-4-6-25-12-18/h1-3,8-9,20H,4-7,10-12H2,(H,21,22). The van der Waals surface area contributed by atoms with E-state index >= 15 is 0 Å². The van der Waals surface area contributed by atoms with Crippen LogP contribution >= 0.6 is 0 Å². The van der Waals surface area contributed by atoms with Gasteiger partial charge in [-0.25, -0.2) is 4.39 Å². The molecule has 0 aliphatic carbocycles. The fourth-order valence-electron chi connectivity index (χ4n) is 3.46. The number of aromatic nitrogens is 2. The van der Waals surface area contributed by atoms with Gasteiger partial charge in [0.2, 0.25) is 0 Å². The molecule has 2 aliphatic rings. The van der Waals surface area contributed by atoms with Gasteiger partial charge in [-0.1, -0.05) is 12.1 Å². The Balaban J connectivity index is 1.57. The molecular formula is C18H21FN4O3. The largest absolute Gasteiger partial charge is 0.377 e. The molecular weight excluding hydrogens is 339 g/mol. The predicted octanol–water partition coefficient (Wildman–Crippen LogP) is 1.05. The number of halogens is 1. The summed E-state index contributed by atoms with van der Waals surface area (Å²) in [6.45, 7) is 3.87. The summed E-state index contributed by atoms with van der Waals surface area (Å²) in [6.07, 6.45) is 1.49. The molecule has 0 radical (unpaired) electrons. The van der Waals surface area contributed by atoms with Crippen LogP contribution < -0.4 is 5.32 Å². The summed E-state index contributed by atoms with van der Waals surface area (Å²) in [6, 6.07) is 6.11. The molecule has 26 heavy (non-hydrogen) atoms. The number of nitrogens with one attached hydrogen (secondary N) is 2. The van der Waals surface area contributed by atoms with E-state index < -0.39 is 5.60 Å². The maximum atomic E-state index is 13.6. The molecule has 4 rings (SSSR count). The number of aromatic amines is 1. The van der Waals surface area contributed by atoms with E-state index in [2.05, 4.69) is 15.5 Å². The zero-order valence-electron chi connectivity index (χ0n) is 14.3. The highest BCUT2D eigenvalue weighted by Gasteiger charge is 2.40. The van der Waals surface area contributed by atoms with E-state index in [4.69, 9.17) is 9.47 Å². The van der Waals surface area contributed by atoms with Gasteiger partial charge >= 0.3 is 0 Å². The Morgan fingerprint density at radius 3 is 3.15 bits per heavy atom. The Hall–Kier alpha value is -2.29. The lowest BCUT2D eigenvalue weighted by Crippen LogP contribution is -2.59. The summed E-state index contributed by atoms with van der Waals surface area (Å²) in [7, 11) is 0. The maximum Gasteiger partial charge on any atom is 0.257 e. The number of carbonyl (C=O) groups is 1. The molecule has 1 unspecified atom stereocenters. The molecule has 1 atom stereocenters. The average Bonchev–Trinajstić information content (AvgIpc) is 3.04. The first kappa shape index (κ1) is 17.1. The third-order valence-electron chi connectivity index (χ3n) is 4.75. The predicted molar refractivity (Wildman–Crippen MR) is 92.3 cm³/mol. The van der Waals surface area contributed by atoms with Crippen molar-refractivity contribution in [1.29, 1.82) is 0 Å². The number of rotatable bonds is 2. The van der Waals surface area contributed by atoms with Crippen LogP contribution in [0, 0.1) is 5.82 Å². The van der Waals surface area contributed by atoms with Crippen molar-refractivity contribution in [2.45, 2.75) is 5.60 Å². The van der Waals surface area contributed by atoms with Crippen LogP contribution in [0.15, 0.2) is 30.5 Å². The molecule has 2 aromatic rings. The van der Waals surface area contributed by atoms with Gasteiger partial charge in [-0.3, -0.25) is 9.89 Å². The van der Waals surface area contributed by atoms with E-state index in [1.165, 1.54) is 18.3 Å². The van der Waals surface area contributed by atoms with Crippen LogP contribution in [0.5, 0.6) is 0 Å². The SMILES string of the molecule is O=C(c1cn[nH]c1-c1cccc(F)c1)N1CCOC2(CNCCOC2)C1.